The lowest BCUT2D eigenvalue weighted by Crippen LogP contribution is -2.60. The molecule has 0 aromatic rings. The summed E-state index contributed by atoms with van der Waals surface area (Å²) in [5.74, 6) is 2.56. The minimum absolute atomic E-state index is 0.0945. The number of fused-ring (bicyclic) bond motifs is 1. The molecule has 9 unspecified atom stereocenters. The maximum absolute atomic E-state index is 14.8. The molecule has 4 fully saturated rings. The first kappa shape index (κ1) is 23.8. The summed E-state index contributed by atoms with van der Waals surface area (Å²) in [7, 11) is 0. The predicted octanol–water partition coefficient (Wildman–Crippen LogP) is 6.98. The largest absolute Gasteiger partial charge is 0.368 e. The first-order valence-corrected chi connectivity index (χ1v) is 12.6. The van der Waals surface area contributed by atoms with Crippen LogP contribution in [0.3, 0.4) is 0 Å². The molecular weight excluding hydrogens is 411 g/mol. The molecule has 180 valence electrons. The van der Waals surface area contributed by atoms with Crippen molar-refractivity contribution in [1.29, 1.82) is 0 Å². The van der Waals surface area contributed by atoms with Gasteiger partial charge in [-0.3, -0.25) is 0 Å². The molecule has 0 aromatic heterocycles. The Labute approximate surface area is 183 Å². The molecule has 0 amide bonds. The second-order valence-corrected chi connectivity index (χ2v) is 11.4. The van der Waals surface area contributed by atoms with E-state index >= 15 is 0 Å². The molecule has 4 saturated carbocycles. The van der Waals surface area contributed by atoms with Crippen LogP contribution in [0.1, 0.15) is 72.1 Å². The summed E-state index contributed by atoms with van der Waals surface area (Å²) in [6.07, 6.45) is -6.51. The minimum atomic E-state index is -2.77. The average molecular weight is 451 g/mol. The zero-order valence-corrected chi connectivity index (χ0v) is 19.0. The number of hydrogen-bond donors (Lipinski definition) is 0. The fraction of sp³-hybridized carbons (Fsp3) is 1.00. The van der Waals surface area contributed by atoms with Gasteiger partial charge < -0.3 is 4.74 Å². The van der Waals surface area contributed by atoms with E-state index in [-0.39, 0.29) is 17.8 Å². The summed E-state index contributed by atoms with van der Waals surface area (Å²) in [6.45, 7) is 6.48. The van der Waals surface area contributed by atoms with Gasteiger partial charge in [0.25, 0.3) is 0 Å². The maximum Gasteiger partial charge on any atom is 0.168 e. The van der Waals surface area contributed by atoms with Gasteiger partial charge in [0.1, 0.15) is 6.10 Å². The van der Waals surface area contributed by atoms with Crippen LogP contribution in [0.15, 0.2) is 0 Å². The molecule has 0 radical (unpaired) electrons. The highest BCUT2D eigenvalue weighted by Gasteiger charge is 2.58. The Morgan fingerprint density at radius 1 is 0.677 bits per heavy atom. The fourth-order valence-electron chi connectivity index (χ4n) is 7.58. The van der Waals surface area contributed by atoms with Gasteiger partial charge in [0.2, 0.25) is 0 Å². The third kappa shape index (κ3) is 4.40. The van der Waals surface area contributed by atoms with Crippen molar-refractivity contribution in [3.63, 3.8) is 0 Å². The lowest BCUT2D eigenvalue weighted by Gasteiger charge is -2.52. The summed E-state index contributed by atoms with van der Waals surface area (Å²) in [5, 5.41) is 0. The fourth-order valence-corrected chi connectivity index (χ4v) is 7.58. The van der Waals surface area contributed by atoms with Gasteiger partial charge in [0, 0.05) is 0 Å². The van der Waals surface area contributed by atoms with Gasteiger partial charge in [-0.25, -0.2) is 22.0 Å². The van der Waals surface area contributed by atoms with Gasteiger partial charge >= 0.3 is 0 Å². The van der Waals surface area contributed by atoms with Crippen molar-refractivity contribution in [2.75, 3.05) is 0 Å². The molecule has 1 nitrogen and oxygen atoms in total. The van der Waals surface area contributed by atoms with Gasteiger partial charge in [0.15, 0.2) is 30.9 Å². The second kappa shape index (κ2) is 9.46. The van der Waals surface area contributed by atoms with Gasteiger partial charge in [-0.2, -0.15) is 0 Å². The SMILES string of the molecule is CC1CC2CC(C(C)C)C(OC3C(F)C(F)C(F)C(F)C3F)[C@H](C3CCCCC3)C2C1. The molecule has 0 spiro atoms. The molecule has 0 saturated heterocycles. The van der Waals surface area contributed by atoms with E-state index in [1.807, 2.05) is 0 Å². The smallest absolute Gasteiger partial charge is 0.168 e. The molecule has 4 aliphatic carbocycles. The van der Waals surface area contributed by atoms with Crippen LogP contribution >= 0.6 is 0 Å². The third-order valence-corrected chi connectivity index (χ3v) is 9.07. The number of ether oxygens (including phenoxy) is 1. The van der Waals surface area contributed by atoms with Crippen molar-refractivity contribution in [2.24, 2.45) is 41.4 Å². The maximum atomic E-state index is 14.8. The normalized spacial score (nSPS) is 51.8. The van der Waals surface area contributed by atoms with E-state index < -0.39 is 43.1 Å². The molecule has 4 aliphatic rings. The Kier molecular flexibility index (Phi) is 7.25. The molecule has 0 bridgehead atoms. The van der Waals surface area contributed by atoms with E-state index in [4.69, 9.17) is 4.74 Å². The number of halogens is 5. The van der Waals surface area contributed by atoms with Crippen LogP contribution in [0, 0.1) is 41.4 Å². The number of alkyl halides is 5. The molecule has 31 heavy (non-hydrogen) atoms. The highest BCUT2D eigenvalue weighted by atomic mass is 19.2. The predicted molar refractivity (Wildman–Crippen MR) is 112 cm³/mol. The molecule has 10 atom stereocenters. The Bertz CT molecular complexity index is 580. The highest BCUT2D eigenvalue weighted by molar-refractivity contribution is 5.05. The zero-order valence-electron chi connectivity index (χ0n) is 19.0. The van der Waals surface area contributed by atoms with Crippen LogP contribution in [-0.4, -0.2) is 43.1 Å². The summed E-state index contributed by atoms with van der Waals surface area (Å²) >= 11 is 0. The van der Waals surface area contributed by atoms with Crippen LogP contribution in [-0.2, 0) is 4.74 Å². The van der Waals surface area contributed by atoms with Crippen LogP contribution in [0.4, 0.5) is 22.0 Å². The van der Waals surface area contributed by atoms with E-state index in [2.05, 4.69) is 20.8 Å². The summed E-state index contributed by atoms with van der Waals surface area (Å²) in [5.41, 5.74) is 0. The van der Waals surface area contributed by atoms with E-state index in [1.165, 1.54) is 12.8 Å². The van der Waals surface area contributed by atoms with Crippen molar-refractivity contribution in [2.45, 2.75) is 115 Å². The lowest BCUT2D eigenvalue weighted by atomic mass is 9.59. The summed E-state index contributed by atoms with van der Waals surface area (Å²) in [4.78, 5) is 0. The van der Waals surface area contributed by atoms with Crippen LogP contribution in [0.5, 0.6) is 0 Å². The zero-order chi connectivity index (χ0) is 22.4. The topological polar surface area (TPSA) is 9.23 Å². The standard InChI is InChI=1S/C25H39F5O/c1-12(2)16-11-15-9-13(3)10-17(15)18(14-7-5-4-6-8-14)24(16)31-25-22(29)20(27)19(26)21(28)23(25)30/h12-25H,4-11H2,1-3H3/t13?,15?,16?,17?,18-,19?,20?,21?,22?,23?,24?,25?/m1/s1. The van der Waals surface area contributed by atoms with Crippen molar-refractivity contribution in [3.8, 4) is 0 Å². The number of hydrogen-bond acceptors (Lipinski definition) is 1. The van der Waals surface area contributed by atoms with Crippen molar-refractivity contribution < 1.29 is 26.7 Å². The quantitative estimate of drug-likeness (QED) is 0.420. The van der Waals surface area contributed by atoms with Crippen molar-refractivity contribution in [1.82, 2.24) is 0 Å². The summed E-state index contributed by atoms with van der Waals surface area (Å²) < 4.78 is 77.6. The Balaban J connectivity index is 1.65. The molecule has 0 N–H and O–H groups in total. The molecule has 6 heteroatoms. The first-order chi connectivity index (χ1) is 14.7. The first-order valence-electron chi connectivity index (χ1n) is 12.6. The average Bonchev–Trinajstić information content (AvgIpc) is 3.13. The molecule has 0 aliphatic heterocycles. The third-order valence-electron chi connectivity index (χ3n) is 9.07. The molecular formula is C25H39F5O. The van der Waals surface area contributed by atoms with Crippen LogP contribution in [0.2, 0.25) is 0 Å². The Morgan fingerprint density at radius 2 is 1.26 bits per heavy atom. The summed E-state index contributed by atoms with van der Waals surface area (Å²) in [6, 6.07) is 0. The molecule has 0 aromatic carbocycles. The van der Waals surface area contributed by atoms with E-state index in [9.17, 15) is 22.0 Å². The van der Waals surface area contributed by atoms with Crippen molar-refractivity contribution >= 4 is 0 Å². The highest BCUT2D eigenvalue weighted by Crippen LogP contribution is 2.56. The van der Waals surface area contributed by atoms with E-state index in [1.54, 1.807) is 0 Å². The minimum Gasteiger partial charge on any atom is -0.368 e. The lowest BCUT2D eigenvalue weighted by molar-refractivity contribution is -0.210. The van der Waals surface area contributed by atoms with Crippen molar-refractivity contribution in [3.05, 3.63) is 0 Å². The Hall–Kier alpha value is -0.390. The molecule has 4 rings (SSSR count). The van der Waals surface area contributed by atoms with Gasteiger partial charge in [0.05, 0.1) is 6.10 Å². The molecule has 0 heterocycles. The van der Waals surface area contributed by atoms with Gasteiger partial charge in [-0.05, 0) is 60.7 Å². The monoisotopic (exact) mass is 450 g/mol. The number of rotatable bonds is 4. The van der Waals surface area contributed by atoms with E-state index in [0.717, 1.165) is 38.5 Å². The van der Waals surface area contributed by atoms with Crippen LogP contribution < -0.4 is 0 Å². The van der Waals surface area contributed by atoms with Gasteiger partial charge in [-0.15, -0.1) is 0 Å². The van der Waals surface area contributed by atoms with E-state index in [0.29, 0.717) is 23.7 Å². The van der Waals surface area contributed by atoms with Gasteiger partial charge in [-0.1, -0.05) is 52.9 Å². The van der Waals surface area contributed by atoms with Crippen LogP contribution in [0.25, 0.3) is 0 Å². The second-order valence-electron chi connectivity index (χ2n) is 11.4. The Morgan fingerprint density at radius 3 is 1.84 bits per heavy atom.